The minimum Gasteiger partial charge on any atom is -0.389 e. The summed E-state index contributed by atoms with van der Waals surface area (Å²) in [4.78, 5) is 3.94. The summed E-state index contributed by atoms with van der Waals surface area (Å²) in [6, 6.07) is 6.07. The maximum absolute atomic E-state index is 12.0. The van der Waals surface area contributed by atoms with Crippen LogP contribution in [0.25, 0.3) is 0 Å². The zero-order valence-corrected chi connectivity index (χ0v) is 11.7. The maximum atomic E-state index is 12.0. The number of hydrogen-bond acceptors (Lipinski definition) is 6. The molecule has 0 saturated heterocycles. The van der Waals surface area contributed by atoms with Gasteiger partial charge in [0.05, 0.1) is 11.0 Å². The monoisotopic (exact) mass is 297 g/mol. The van der Waals surface area contributed by atoms with Gasteiger partial charge >= 0.3 is 0 Å². The Bertz CT molecular complexity index is 636. The van der Waals surface area contributed by atoms with E-state index < -0.39 is 16.1 Å². The molecule has 8 heteroatoms. The van der Waals surface area contributed by atoms with Crippen LogP contribution in [0.5, 0.6) is 0 Å². The van der Waals surface area contributed by atoms with Crippen molar-refractivity contribution in [2.24, 2.45) is 0 Å². The molecule has 1 aromatic carbocycles. The fraction of sp³-hybridized carbons (Fsp3) is 0.333. The molecule has 20 heavy (non-hydrogen) atoms. The Labute approximate surface area is 116 Å². The molecule has 1 unspecified atom stereocenters. The summed E-state index contributed by atoms with van der Waals surface area (Å²) >= 11 is 0. The van der Waals surface area contributed by atoms with Gasteiger partial charge in [-0.15, -0.1) is 0 Å². The van der Waals surface area contributed by atoms with Crippen molar-refractivity contribution in [2.45, 2.75) is 24.3 Å². The van der Waals surface area contributed by atoms with Gasteiger partial charge in [-0.3, -0.25) is 0 Å². The molecule has 1 heterocycles. The normalized spacial score (nSPS) is 13.3. The lowest BCUT2D eigenvalue weighted by Gasteiger charge is -2.08. The lowest BCUT2D eigenvalue weighted by atomic mass is 10.1. The summed E-state index contributed by atoms with van der Waals surface area (Å²) in [6.07, 6.45) is 0.959. The third kappa shape index (κ3) is 3.62. The van der Waals surface area contributed by atoms with Crippen molar-refractivity contribution in [1.82, 2.24) is 14.9 Å². The van der Waals surface area contributed by atoms with E-state index in [-0.39, 0.29) is 11.4 Å². The first kappa shape index (κ1) is 14.6. The first-order valence-electron chi connectivity index (χ1n) is 6.02. The van der Waals surface area contributed by atoms with Crippen LogP contribution < -0.4 is 4.72 Å². The van der Waals surface area contributed by atoms with Gasteiger partial charge in [0.25, 0.3) is 0 Å². The highest BCUT2D eigenvalue weighted by Crippen LogP contribution is 2.15. The van der Waals surface area contributed by atoms with E-state index in [1.54, 1.807) is 19.1 Å². The third-order valence-corrected chi connectivity index (χ3v) is 4.19. The van der Waals surface area contributed by atoms with Crippen molar-refractivity contribution < 1.29 is 18.0 Å². The smallest absolute Gasteiger partial charge is 0.240 e. The lowest BCUT2D eigenvalue weighted by molar-refractivity contribution is 0.199. The molecule has 0 aliphatic carbocycles. The van der Waals surface area contributed by atoms with E-state index in [2.05, 4.69) is 14.9 Å². The van der Waals surface area contributed by atoms with E-state index in [4.69, 9.17) is 4.52 Å². The highest BCUT2D eigenvalue weighted by molar-refractivity contribution is 7.89. The van der Waals surface area contributed by atoms with Crippen molar-refractivity contribution >= 4 is 10.0 Å². The number of aliphatic hydroxyl groups is 1. The highest BCUT2D eigenvalue weighted by atomic mass is 32.2. The number of nitrogens with one attached hydrogen (secondary N) is 1. The van der Waals surface area contributed by atoms with Crippen molar-refractivity contribution in [3.8, 4) is 0 Å². The zero-order chi connectivity index (χ0) is 14.6. The number of rotatable bonds is 6. The third-order valence-electron chi connectivity index (χ3n) is 2.71. The van der Waals surface area contributed by atoms with Crippen LogP contribution >= 0.6 is 0 Å². The van der Waals surface area contributed by atoms with Gasteiger partial charge in [0.15, 0.2) is 6.33 Å². The molecule has 0 amide bonds. The molecule has 2 N–H and O–H groups in total. The Kier molecular flexibility index (Phi) is 4.48. The fourth-order valence-corrected chi connectivity index (χ4v) is 2.64. The molecule has 2 rings (SSSR count). The van der Waals surface area contributed by atoms with E-state index >= 15 is 0 Å². The SMILES string of the molecule is CC(O)c1ccc(S(=O)(=O)NCCc2ncno2)cc1. The molecule has 0 radical (unpaired) electrons. The molecular weight excluding hydrogens is 282 g/mol. The molecule has 0 bridgehead atoms. The molecule has 0 spiro atoms. The molecule has 0 fully saturated rings. The van der Waals surface area contributed by atoms with Crippen LogP contribution in [0.1, 0.15) is 24.5 Å². The minimum absolute atomic E-state index is 0.146. The average Bonchev–Trinajstić information content (AvgIpc) is 2.92. The van der Waals surface area contributed by atoms with Crippen LogP contribution in [0, 0.1) is 0 Å². The number of benzene rings is 1. The standard InChI is InChI=1S/C12H15N3O4S/c1-9(16)10-2-4-11(5-3-10)20(17,18)15-7-6-12-13-8-14-19-12/h2-5,8-9,15-16H,6-7H2,1H3. The van der Waals surface area contributed by atoms with Crippen LogP contribution in [0.4, 0.5) is 0 Å². The maximum Gasteiger partial charge on any atom is 0.240 e. The first-order valence-corrected chi connectivity index (χ1v) is 7.50. The van der Waals surface area contributed by atoms with Gasteiger partial charge in [-0.2, -0.15) is 4.98 Å². The minimum atomic E-state index is -3.58. The summed E-state index contributed by atoms with van der Waals surface area (Å²) in [5.41, 5.74) is 0.662. The Morgan fingerprint density at radius 1 is 1.35 bits per heavy atom. The number of nitrogens with zero attached hydrogens (tertiary/aromatic N) is 2. The lowest BCUT2D eigenvalue weighted by Crippen LogP contribution is -2.26. The highest BCUT2D eigenvalue weighted by Gasteiger charge is 2.14. The molecule has 1 atom stereocenters. The van der Waals surface area contributed by atoms with E-state index in [1.807, 2.05) is 0 Å². The summed E-state index contributed by atoms with van der Waals surface area (Å²) in [7, 11) is -3.58. The predicted octanol–water partition coefficient (Wildman–Crippen LogP) is 0.644. The molecule has 1 aromatic heterocycles. The number of sulfonamides is 1. The number of aliphatic hydroxyl groups excluding tert-OH is 1. The summed E-state index contributed by atoms with van der Waals surface area (Å²) in [5.74, 6) is 0.372. The van der Waals surface area contributed by atoms with E-state index in [0.29, 0.717) is 17.9 Å². The van der Waals surface area contributed by atoms with E-state index in [9.17, 15) is 13.5 Å². The second-order valence-corrected chi connectivity index (χ2v) is 5.99. The van der Waals surface area contributed by atoms with Crippen molar-refractivity contribution in [2.75, 3.05) is 6.54 Å². The summed E-state index contributed by atoms with van der Waals surface area (Å²) in [6.45, 7) is 1.79. The first-order chi connectivity index (χ1) is 9.49. The van der Waals surface area contributed by atoms with Gasteiger partial charge in [0.2, 0.25) is 15.9 Å². The van der Waals surface area contributed by atoms with E-state index in [1.165, 1.54) is 18.5 Å². The topological polar surface area (TPSA) is 105 Å². The number of aromatic nitrogens is 2. The van der Waals surface area contributed by atoms with Crippen LogP contribution in [0.3, 0.4) is 0 Å². The van der Waals surface area contributed by atoms with Gasteiger partial charge in [0.1, 0.15) is 0 Å². The van der Waals surface area contributed by atoms with Crippen molar-refractivity contribution in [3.05, 3.63) is 42.0 Å². The van der Waals surface area contributed by atoms with Gasteiger partial charge in [-0.05, 0) is 24.6 Å². The zero-order valence-electron chi connectivity index (χ0n) is 10.9. The quantitative estimate of drug-likeness (QED) is 0.810. The van der Waals surface area contributed by atoms with Gasteiger partial charge in [-0.1, -0.05) is 17.3 Å². The molecule has 7 nitrogen and oxygen atoms in total. The molecule has 2 aromatic rings. The van der Waals surface area contributed by atoms with Gasteiger partial charge in [-0.25, -0.2) is 13.1 Å². The Hall–Kier alpha value is -1.77. The second kappa shape index (κ2) is 6.12. The number of hydrogen-bond donors (Lipinski definition) is 2. The average molecular weight is 297 g/mol. The molecule has 0 aliphatic rings. The fourth-order valence-electron chi connectivity index (χ4n) is 1.61. The second-order valence-electron chi connectivity index (χ2n) is 4.23. The molecule has 0 saturated carbocycles. The summed E-state index contributed by atoms with van der Waals surface area (Å²) in [5, 5.41) is 12.8. The summed E-state index contributed by atoms with van der Waals surface area (Å²) < 4.78 is 31.2. The van der Waals surface area contributed by atoms with Crippen LogP contribution in [-0.4, -0.2) is 30.2 Å². The van der Waals surface area contributed by atoms with Gasteiger partial charge < -0.3 is 9.63 Å². The van der Waals surface area contributed by atoms with Gasteiger partial charge in [0, 0.05) is 13.0 Å². The van der Waals surface area contributed by atoms with Crippen molar-refractivity contribution in [3.63, 3.8) is 0 Å². The van der Waals surface area contributed by atoms with Crippen molar-refractivity contribution in [1.29, 1.82) is 0 Å². The Balaban J connectivity index is 1.99. The van der Waals surface area contributed by atoms with Crippen LogP contribution in [-0.2, 0) is 16.4 Å². The predicted molar refractivity (Wildman–Crippen MR) is 70.3 cm³/mol. The molecule has 0 aliphatic heterocycles. The molecular formula is C12H15N3O4S. The Morgan fingerprint density at radius 2 is 2.05 bits per heavy atom. The van der Waals surface area contributed by atoms with E-state index in [0.717, 1.165) is 0 Å². The van der Waals surface area contributed by atoms with Crippen LogP contribution in [0.15, 0.2) is 40.0 Å². The molecule has 108 valence electrons. The largest absolute Gasteiger partial charge is 0.389 e. The van der Waals surface area contributed by atoms with Crippen LogP contribution in [0.2, 0.25) is 0 Å². The Morgan fingerprint density at radius 3 is 2.60 bits per heavy atom.